The normalized spacial score (nSPS) is 19.4. The van der Waals surface area contributed by atoms with Crippen molar-refractivity contribution >= 4 is 11.6 Å². The van der Waals surface area contributed by atoms with E-state index >= 15 is 0 Å². The molecule has 0 bridgehead atoms. The number of nitrogens with zero attached hydrogens (tertiary/aromatic N) is 1. The average Bonchev–Trinajstić information content (AvgIpc) is 3.37. The molecule has 3 aromatic carbocycles. The van der Waals surface area contributed by atoms with Crippen LogP contribution in [0.15, 0.2) is 60.7 Å². The van der Waals surface area contributed by atoms with E-state index in [1.165, 1.54) is 6.07 Å². The van der Waals surface area contributed by atoms with Gasteiger partial charge in [-0.05, 0) is 50.2 Å². The average molecular weight is 491 g/mol. The van der Waals surface area contributed by atoms with Crippen LogP contribution >= 0.6 is 0 Å². The molecule has 3 heterocycles. The largest absolute Gasteiger partial charge is 0.460 e. The van der Waals surface area contributed by atoms with Crippen LogP contribution in [-0.2, 0) is 22.7 Å². The number of ether oxygens (including phenoxy) is 4. The highest BCUT2D eigenvalue weighted by Gasteiger charge is 2.29. The van der Waals surface area contributed by atoms with E-state index in [-0.39, 0.29) is 24.4 Å². The minimum atomic E-state index is -0.520. The zero-order chi connectivity index (χ0) is 24.5. The van der Waals surface area contributed by atoms with E-state index < -0.39 is 6.29 Å². The van der Waals surface area contributed by atoms with Crippen LogP contribution in [0.4, 0.5) is 10.1 Å². The molecule has 36 heavy (non-hydrogen) atoms. The molecule has 1 amide bonds. The van der Waals surface area contributed by atoms with E-state index in [9.17, 15) is 9.18 Å². The van der Waals surface area contributed by atoms with Crippen molar-refractivity contribution in [1.29, 1.82) is 0 Å². The molecule has 6 rings (SSSR count). The quantitative estimate of drug-likeness (QED) is 0.542. The Morgan fingerprint density at radius 1 is 1.00 bits per heavy atom. The summed E-state index contributed by atoms with van der Waals surface area (Å²) in [6.07, 6.45) is 0.933. The van der Waals surface area contributed by atoms with Crippen LogP contribution in [-0.4, -0.2) is 30.7 Å². The standard InChI is InChI=1S/C28H27FN2O5/c29-22-12-20(26-21(13-22)16-33-28(36-26)19-4-2-1-3-5-19)15-31-10-8-18(9-11-31)27(32)30-23-6-7-24-25(14-23)35-17-34-24/h1-7,12-14,18,28H,8-11,15-17H2,(H,30,32)/t28-/m0/s1. The Morgan fingerprint density at radius 3 is 2.64 bits per heavy atom. The van der Waals surface area contributed by atoms with Gasteiger partial charge in [0, 0.05) is 40.9 Å². The van der Waals surface area contributed by atoms with E-state index in [1.54, 1.807) is 18.2 Å². The zero-order valence-corrected chi connectivity index (χ0v) is 19.7. The summed E-state index contributed by atoms with van der Waals surface area (Å²) in [6, 6.07) is 18.2. The van der Waals surface area contributed by atoms with Crippen LogP contribution in [0.1, 0.15) is 35.8 Å². The third kappa shape index (κ3) is 4.74. The summed E-state index contributed by atoms with van der Waals surface area (Å²) in [5.74, 6) is 1.64. The number of rotatable bonds is 5. The molecule has 186 valence electrons. The highest BCUT2D eigenvalue weighted by atomic mass is 19.1. The summed E-state index contributed by atoms with van der Waals surface area (Å²) >= 11 is 0. The van der Waals surface area contributed by atoms with Gasteiger partial charge >= 0.3 is 0 Å². The van der Waals surface area contributed by atoms with Gasteiger partial charge in [-0.2, -0.15) is 0 Å². The molecule has 1 saturated heterocycles. The van der Waals surface area contributed by atoms with Crippen molar-refractivity contribution in [3.8, 4) is 17.2 Å². The monoisotopic (exact) mass is 490 g/mol. The smallest absolute Gasteiger partial charge is 0.231 e. The second-order valence-electron chi connectivity index (χ2n) is 9.33. The first-order valence-corrected chi connectivity index (χ1v) is 12.2. The van der Waals surface area contributed by atoms with Crippen molar-refractivity contribution in [3.63, 3.8) is 0 Å². The van der Waals surface area contributed by atoms with Gasteiger partial charge in [0.1, 0.15) is 11.6 Å². The second-order valence-corrected chi connectivity index (χ2v) is 9.33. The molecular weight excluding hydrogens is 463 g/mol. The fourth-order valence-electron chi connectivity index (χ4n) is 4.98. The predicted molar refractivity (Wildman–Crippen MR) is 130 cm³/mol. The number of benzene rings is 3. The molecule has 0 unspecified atom stereocenters. The number of piperidine rings is 1. The number of amides is 1. The Labute approximate surface area is 208 Å². The van der Waals surface area contributed by atoms with Crippen molar-refractivity contribution < 1.29 is 28.1 Å². The number of halogens is 1. The molecule has 0 aromatic heterocycles. The lowest BCUT2D eigenvalue weighted by molar-refractivity contribution is -0.121. The van der Waals surface area contributed by atoms with E-state index in [4.69, 9.17) is 18.9 Å². The molecule has 3 aromatic rings. The van der Waals surface area contributed by atoms with Crippen LogP contribution in [0, 0.1) is 11.7 Å². The molecular formula is C28H27FN2O5. The van der Waals surface area contributed by atoms with Crippen LogP contribution in [0.3, 0.4) is 0 Å². The fourth-order valence-corrected chi connectivity index (χ4v) is 4.98. The van der Waals surface area contributed by atoms with Crippen LogP contribution < -0.4 is 19.5 Å². The maximum absolute atomic E-state index is 14.4. The number of carbonyl (C=O) groups is 1. The summed E-state index contributed by atoms with van der Waals surface area (Å²) in [6.45, 7) is 2.52. The van der Waals surface area contributed by atoms with Gasteiger partial charge in [-0.1, -0.05) is 30.3 Å². The molecule has 0 spiro atoms. The Bertz CT molecular complexity index is 1260. The van der Waals surface area contributed by atoms with Crippen LogP contribution in [0.5, 0.6) is 17.2 Å². The number of nitrogens with one attached hydrogen (secondary N) is 1. The van der Waals surface area contributed by atoms with Crippen molar-refractivity contribution in [3.05, 3.63) is 83.2 Å². The fraction of sp³-hybridized carbons (Fsp3) is 0.321. The SMILES string of the molecule is O=C(Nc1ccc2c(c1)OCO2)C1CCN(Cc2cc(F)cc3c2O[C@@H](c2ccccc2)OC3)CC1. The Balaban J connectivity index is 1.09. The van der Waals surface area contributed by atoms with Crippen LogP contribution in [0.25, 0.3) is 0 Å². The summed E-state index contributed by atoms with van der Waals surface area (Å²) in [7, 11) is 0. The maximum Gasteiger partial charge on any atom is 0.231 e. The van der Waals surface area contributed by atoms with Crippen molar-refractivity contribution in [2.24, 2.45) is 5.92 Å². The molecule has 1 fully saturated rings. The van der Waals surface area contributed by atoms with Crippen LogP contribution in [0.2, 0.25) is 0 Å². The topological polar surface area (TPSA) is 69.3 Å². The lowest BCUT2D eigenvalue weighted by Gasteiger charge is -2.33. The lowest BCUT2D eigenvalue weighted by atomic mass is 9.95. The first-order valence-electron chi connectivity index (χ1n) is 12.2. The molecule has 3 aliphatic heterocycles. The number of hydrogen-bond donors (Lipinski definition) is 1. The maximum atomic E-state index is 14.4. The predicted octanol–water partition coefficient (Wildman–Crippen LogP) is 5.01. The second kappa shape index (κ2) is 9.79. The Morgan fingerprint density at radius 2 is 1.81 bits per heavy atom. The van der Waals surface area contributed by atoms with Crippen molar-refractivity contribution in [2.45, 2.75) is 32.3 Å². The molecule has 0 saturated carbocycles. The number of hydrogen-bond acceptors (Lipinski definition) is 6. The summed E-state index contributed by atoms with van der Waals surface area (Å²) in [4.78, 5) is 15.1. The van der Waals surface area contributed by atoms with Gasteiger partial charge in [0.25, 0.3) is 0 Å². The molecule has 8 heteroatoms. The molecule has 7 nitrogen and oxygen atoms in total. The molecule has 3 aliphatic rings. The van der Waals surface area contributed by atoms with E-state index in [1.807, 2.05) is 36.4 Å². The molecule has 0 aliphatic carbocycles. The zero-order valence-electron chi connectivity index (χ0n) is 19.7. The van der Waals surface area contributed by atoms with Gasteiger partial charge in [0.2, 0.25) is 19.0 Å². The molecule has 1 N–H and O–H groups in total. The first kappa shape index (κ1) is 22.8. The third-order valence-corrected chi connectivity index (χ3v) is 6.89. The minimum Gasteiger partial charge on any atom is -0.460 e. The summed E-state index contributed by atoms with van der Waals surface area (Å²) < 4.78 is 37.2. The number of carbonyl (C=O) groups excluding carboxylic acids is 1. The highest BCUT2D eigenvalue weighted by Crippen LogP contribution is 2.38. The molecule has 0 radical (unpaired) electrons. The van der Waals surface area contributed by atoms with Crippen molar-refractivity contribution in [2.75, 3.05) is 25.2 Å². The van der Waals surface area contributed by atoms with E-state index in [0.717, 1.165) is 42.6 Å². The van der Waals surface area contributed by atoms with Gasteiger partial charge in [-0.15, -0.1) is 0 Å². The third-order valence-electron chi connectivity index (χ3n) is 6.89. The van der Waals surface area contributed by atoms with E-state index in [0.29, 0.717) is 36.1 Å². The Hall–Kier alpha value is -3.62. The van der Waals surface area contributed by atoms with Gasteiger partial charge in [-0.3, -0.25) is 9.69 Å². The number of likely N-dealkylation sites (tertiary alicyclic amines) is 1. The molecule has 1 atom stereocenters. The minimum absolute atomic E-state index is 0.00263. The number of anilines is 1. The first-order chi connectivity index (χ1) is 17.6. The lowest BCUT2D eigenvalue weighted by Crippen LogP contribution is -2.38. The Kier molecular flexibility index (Phi) is 6.21. The number of fused-ring (bicyclic) bond motifs is 2. The highest BCUT2D eigenvalue weighted by molar-refractivity contribution is 5.93. The van der Waals surface area contributed by atoms with E-state index in [2.05, 4.69) is 10.2 Å². The van der Waals surface area contributed by atoms with Gasteiger partial charge < -0.3 is 24.3 Å². The van der Waals surface area contributed by atoms with Gasteiger partial charge in [-0.25, -0.2) is 4.39 Å². The van der Waals surface area contributed by atoms with Gasteiger partial charge in [0.15, 0.2) is 11.5 Å². The van der Waals surface area contributed by atoms with Gasteiger partial charge in [0.05, 0.1) is 6.61 Å². The summed E-state index contributed by atoms with van der Waals surface area (Å²) in [5.41, 5.74) is 3.14. The summed E-state index contributed by atoms with van der Waals surface area (Å²) in [5, 5.41) is 3.00. The van der Waals surface area contributed by atoms with Crippen molar-refractivity contribution in [1.82, 2.24) is 4.90 Å².